The summed E-state index contributed by atoms with van der Waals surface area (Å²) in [5.41, 5.74) is 1.34. The number of halogens is 1. The van der Waals surface area contributed by atoms with Crippen LogP contribution < -0.4 is 0 Å². The number of piperidine rings is 1. The molecule has 0 amide bonds. The molecule has 2 heterocycles. The zero-order chi connectivity index (χ0) is 17.3. The van der Waals surface area contributed by atoms with Crippen LogP contribution >= 0.6 is 11.3 Å². The lowest BCUT2D eigenvalue weighted by atomic mass is 9.90. The summed E-state index contributed by atoms with van der Waals surface area (Å²) in [4.78, 5) is 2.16. The molecule has 2 aromatic rings. The van der Waals surface area contributed by atoms with Crippen molar-refractivity contribution in [3.63, 3.8) is 0 Å². The van der Waals surface area contributed by atoms with E-state index in [4.69, 9.17) is 0 Å². The molecule has 0 bridgehead atoms. The highest BCUT2D eigenvalue weighted by Gasteiger charge is 2.26. The highest BCUT2D eigenvalue weighted by Crippen LogP contribution is 2.33. The molecule has 7 heteroatoms. The Kier molecular flexibility index (Phi) is 4.94. The van der Waals surface area contributed by atoms with Crippen LogP contribution in [0.2, 0.25) is 0 Å². The van der Waals surface area contributed by atoms with Crippen molar-refractivity contribution in [3.8, 4) is 5.75 Å². The Hall–Kier alpha value is -1.44. The lowest BCUT2D eigenvalue weighted by Gasteiger charge is -2.33. The van der Waals surface area contributed by atoms with Crippen LogP contribution in [0.15, 0.2) is 33.9 Å². The summed E-state index contributed by atoms with van der Waals surface area (Å²) in [6, 6.07) is 6.58. The molecule has 1 aromatic heterocycles. The molecular formula is C17H20FNO3S2. The van der Waals surface area contributed by atoms with Gasteiger partial charge >= 0.3 is 0 Å². The summed E-state index contributed by atoms with van der Waals surface area (Å²) < 4.78 is 38.3. The smallest absolute Gasteiger partial charge is 0.185 e. The van der Waals surface area contributed by atoms with Gasteiger partial charge in [0.25, 0.3) is 0 Å². The van der Waals surface area contributed by atoms with Crippen LogP contribution in [0.3, 0.4) is 0 Å². The van der Waals surface area contributed by atoms with Gasteiger partial charge in [0.2, 0.25) is 0 Å². The quantitative estimate of drug-likeness (QED) is 0.898. The lowest BCUT2D eigenvalue weighted by molar-refractivity contribution is 0.197. The highest BCUT2D eigenvalue weighted by atomic mass is 32.2. The SMILES string of the molecule is CS(=O)(=O)c1sccc1CN1CCCC(c2cccc(O)c2F)C1. The summed E-state index contributed by atoms with van der Waals surface area (Å²) in [5, 5.41) is 11.4. The van der Waals surface area contributed by atoms with E-state index in [0.29, 0.717) is 22.9 Å². The van der Waals surface area contributed by atoms with E-state index in [-0.39, 0.29) is 11.7 Å². The average Bonchev–Trinajstić information content (AvgIpc) is 2.99. The minimum Gasteiger partial charge on any atom is -0.505 e. The number of hydrogen-bond donors (Lipinski definition) is 1. The van der Waals surface area contributed by atoms with Crippen molar-refractivity contribution < 1.29 is 17.9 Å². The Morgan fingerprint density at radius 2 is 2.17 bits per heavy atom. The van der Waals surface area contributed by atoms with E-state index >= 15 is 0 Å². The molecule has 0 aliphatic carbocycles. The largest absolute Gasteiger partial charge is 0.505 e. The fourth-order valence-electron chi connectivity index (χ4n) is 3.31. The first kappa shape index (κ1) is 17.4. The Balaban J connectivity index is 1.77. The maximum absolute atomic E-state index is 14.2. The first-order valence-corrected chi connectivity index (χ1v) is 10.6. The van der Waals surface area contributed by atoms with Crippen LogP contribution in [-0.2, 0) is 16.4 Å². The van der Waals surface area contributed by atoms with E-state index in [1.165, 1.54) is 23.7 Å². The molecule has 1 fully saturated rings. The van der Waals surface area contributed by atoms with Crippen molar-refractivity contribution in [3.05, 3.63) is 46.6 Å². The number of likely N-dealkylation sites (tertiary alicyclic amines) is 1. The van der Waals surface area contributed by atoms with E-state index in [1.807, 2.05) is 6.07 Å². The minimum absolute atomic E-state index is 0.00571. The third-order valence-corrected chi connectivity index (χ3v) is 7.27. The van der Waals surface area contributed by atoms with E-state index < -0.39 is 15.7 Å². The number of rotatable bonds is 4. The van der Waals surface area contributed by atoms with Crippen molar-refractivity contribution in [2.45, 2.75) is 29.5 Å². The molecule has 24 heavy (non-hydrogen) atoms. The molecule has 0 spiro atoms. The van der Waals surface area contributed by atoms with Gasteiger partial charge in [0.15, 0.2) is 21.4 Å². The van der Waals surface area contributed by atoms with E-state index in [1.54, 1.807) is 17.5 Å². The highest BCUT2D eigenvalue weighted by molar-refractivity contribution is 7.92. The van der Waals surface area contributed by atoms with Gasteiger partial charge in [-0.3, -0.25) is 4.90 Å². The zero-order valence-electron chi connectivity index (χ0n) is 13.4. The van der Waals surface area contributed by atoms with Crippen LogP contribution in [0.5, 0.6) is 5.75 Å². The molecular weight excluding hydrogens is 349 g/mol. The molecule has 1 aromatic carbocycles. The summed E-state index contributed by atoms with van der Waals surface area (Å²) in [5.74, 6) is -0.857. The molecule has 130 valence electrons. The molecule has 0 radical (unpaired) electrons. The second-order valence-electron chi connectivity index (χ2n) is 6.26. The monoisotopic (exact) mass is 369 g/mol. The fourth-order valence-corrected chi connectivity index (χ4v) is 5.43. The number of hydrogen-bond acceptors (Lipinski definition) is 5. The third-order valence-electron chi connectivity index (χ3n) is 4.39. The Labute approximate surface area is 145 Å². The number of thiophene rings is 1. The number of benzene rings is 1. The van der Waals surface area contributed by atoms with Crippen LogP contribution in [0.25, 0.3) is 0 Å². The number of phenols is 1. The van der Waals surface area contributed by atoms with Gasteiger partial charge in [-0.1, -0.05) is 12.1 Å². The number of sulfone groups is 1. The van der Waals surface area contributed by atoms with Gasteiger partial charge in [0.05, 0.1) is 0 Å². The molecule has 1 unspecified atom stereocenters. The Bertz CT molecular complexity index is 832. The van der Waals surface area contributed by atoms with Crippen molar-refractivity contribution in [1.29, 1.82) is 0 Å². The third kappa shape index (κ3) is 3.63. The normalized spacial score (nSPS) is 19.5. The zero-order valence-corrected chi connectivity index (χ0v) is 15.0. The lowest BCUT2D eigenvalue weighted by Crippen LogP contribution is -2.34. The molecule has 0 saturated carbocycles. The topological polar surface area (TPSA) is 57.6 Å². The van der Waals surface area contributed by atoms with Gasteiger partial charge in [-0.15, -0.1) is 11.3 Å². The maximum atomic E-state index is 14.2. The second kappa shape index (κ2) is 6.82. The van der Waals surface area contributed by atoms with Crippen molar-refractivity contribution in [2.24, 2.45) is 0 Å². The number of aromatic hydroxyl groups is 1. The molecule has 1 saturated heterocycles. The molecule has 1 aliphatic rings. The molecule has 3 rings (SSSR count). The molecule has 1 N–H and O–H groups in total. The van der Waals surface area contributed by atoms with E-state index in [0.717, 1.165) is 24.9 Å². The summed E-state index contributed by atoms with van der Waals surface area (Å²) in [6.45, 7) is 2.05. The summed E-state index contributed by atoms with van der Waals surface area (Å²) >= 11 is 1.24. The van der Waals surface area contributed by atoms with Crippen LogP contribution in [0.4, 0.5) is 4.39 Å². The van der Waals surface area contributed by atoms with Gasteiger partial charge < -0.3 is 5.11 Å². The van der Waals surface area contributed by atoms with E-state index in [9.17, 15) is 17.9 Å². The average molecular weight is 369 g/mol. The van der Waals surface area contributed by atoms with Crippen molar-refractivity contribution in [2.75, 3.05) is 19.3 Å². The molecule has 1 aliphatic heterocycles. The van der Waals surface area contributed by atoms with Crippen LogP contribution in [0, 0.1) is 5.82 Å². The second-order valence-corrected chi connectivity index (χ2v) is 9.39. The minimum atomic E-state index is -3.22. The standard InChI is InChI=1S/C17H20FNO3S2/c1-24(21,22)17-13(7-9-23-17)11-19-8-3-4-12(10-19)14-5-2-6-15(20)16(14)18/h2,5-7,9,12,20H,3-4,8,10-11H2,1H3. The predicted molar refractivity (Wildman–Crippen MR) is 92.7 cm³/mol. The van der Waals surface area contributed by atoms with Gasteiger partial charge in [0.1, 0.15) is 4.21 Å². The van der Waals surface area contributed by atoms with Gasteiger partial charge in [-0.2, -0.15) is 0 Å². The van der Waals surface area contributed by atoms with Crippen LogP contribution in [0.1, 0.15) is 29.9 Å². The Morgan fingerprint density at radius 1 is 1.38 bits per heavy atom. The molecule has 4 nitrogen and oxygen atoms in total. The van der Waals surface area contributed by atoms with Gasteiger partial charge in [0, 0.05) is 19.3 Å². The van der Waals surface area contributed by atoms with Crippen molar-refractivity contribution >= 4 is 21.2 Å². The predicted octanol–water partition coefficient (Wildman–Crippen LogP) is 3.38. The van der Waals surface area contributed by atoms with Gasteiger partial charge in [-0.25, -0.2) is 12.8 Å². The van der Waals surface area contributed by atoms with Crippen LogP contribution in [-0.4, -0.2) is 37.8 Å². The number of phenolic OH excluding ortho intramolecular Hbond substituents is 1. The first-order chi connectivity index (χ1) is 11.4. The summed E-state index contributed by atoms with van der Waals surface area (Å²) in [6.07, 6.45) is 3.00. The fraction of sp³-hybridized carbons (Fsp3) is 0.412. The Morgan fingerprint density at radius 3 is 2.92 bits per heavy atom. The number of nitrogens with zero attached hydrogens (tertiary/aromatic N) is 1. The summed E-state index contributed by atoms with van der Waals surface area (Å²) in [7, 11) is -3.22. The first-order valence-electron chi connectivity index (χ1n) is 7.82. The van der Waals surface area contributed by atoms with Crippen molar-refractivity contribution in [1.82, 2.24) is 4.90 Å². The molecule has 1 atom stereocenters. The maximum Gasteiger partial charge on any atom is 0.185 e. The van der Waals surface area contributed by atoms with Gasteiger partial charge in [-0.05, 0) is 53.9 Å². The van der Waals surface area contributed by atoms with E-state index in [2.05, 4.69) is 4.90 Å².